The minimum atomic E-state index is -0.327. The lowest BCUT2D eigenvalue weighted by atomic mass is 9.98. The molecule has 1 saturated carbocycles. The van der Waals surface area contributed by atoms with Gasteiger partial charge in [0, 0.05) is 16.8 Å². The number of hydrogen-bond donors (Lipinski definition) is 0. The van der Waals surface area contributed by atoms with Gasteiger partial charge in [0.25, 0.3) is 0 Å². The van der Waals surface area contributed by atoms with Crippen LogP contribution in [0.4, 0.5) is 0 Å². The molecule has 62 valence electrons. The number of nitro groups is 1. The Morgan fingerprint density at radius 3 is 2.82 bits per heavy atom. The molecule has 0 amide bonds. The summed E-state index contributed by atoms with van der Waals surface area (Å²) in [7, 11) is 0. The fourth-order valence-electron chi connectivity index (χ4n) is 1.66. The Bertz CT molecular complexity index is 169. The van der Waals surface area contributed by atoms with Crippen molar-refractivity contribution in [3.63, 3.8) is 0 Å². The van der Waals surface area contributed by atoms with Crippen LogP contribution in [0.2, 0.25) is 0 Å². The van der Waals surface area contributed by atoms with Crippen LogP contribution in [-0.2, 0) is 4.79 Å². The topological polar surface area (TPSA) is 60.2 Å². The van der Waals surface area contributed by atoms with E-state index < -0.39 is 0 Å². The van der Waals surface area contributed by atoms with Gasteiger partial charge in [-0.3, -0.25) is 10.1 Å². The molecule has 11 heavy (non-hydrogen) atoms. The van der Waals surface area contributed by atoms with Crippen LogP contribution in [0.5, 0.6) is 0 Å². The highest BCUT2D eigenvalue weighted by molar-refractivity contribution is 5.54. The number of nitrogens with zero attached hydrogens (tertiary/aromatic N) is 1. The van der Waals surface area contributed by atoms with Crippen LogP contribution in [0.3, 0.4) is 0 Å². The number of carbonyl (C=O) groups is 1. The summed E-state index contributed by atoms with van der Waals surface area (Å²) in [6, 6.07) is 0. The Labute approximate surface area is 64.7 Å². The van der Waals surface area contributed by atoms with E-state index in [1.165, 1.54) is 0 Å². The van der Waals surface area contributed by atoms with Crippen molar-refractivity contribution in [2.75, 3.05) is 6.54 Å². The minimum absolute atomic E-state index is 0.00231. The van der Waals surface area contributed by atoms with E-state index in [4.69, 9.17) is 0 Å². The molecule has 1 fully saturated rings. The zero-order chi connectivity index (χ0) is 8.27. The first-order chi connectivity index (χ1) is 5.24. The van der Waals surface area contributed by atoms with Crippen molar-refractivity contribution in [3.8, 4) is 0 Å². The Balaban J connectivity index is 2.43. The van der Waals surface area contributed by atoms with Gasteiger partial charge < -0.3 is 4.79 Å². The Kier molecular flexibility index (Phi) is 2.57. The van der Waals surface area contributed by atoms with Crippen LogP contribution in [0.15, 0.2) is 0 Å². The lowest BCUT2D eigenvalue weighted by Crippen LogP contribution is -2.18. The maximum atomic E-state index is 10.4. The highest BCUT2D eigenvalue weighted by atomic mass is 16.6. The van der Waals surface area contributed by atoms with Gasteiger partial charge in [-0.05, 0) is 12.8 Å². The molecule has 0 bridgehead atoms. The monoisotopic (exact) mass is 157 g/mol. The maximum Gasteiger partial charge on any atom is 0.207 e. The average molecular weight is 157 g/mol. The molecular formula is C7H11NO3. The normalized spacial score (nSPS) is 30.2. The first-order valence-corrected chi connectivity index (χ1v) is 3.81. The predicted molar refractivity (Wildman–Crippen MR) is 38.8 cm³/mol. The molecule has 4 nitrogen and oxygen atoms in total. The van der Waals surface area contributed by atoms with Crippen LogP contribution < -0.4 is 0 Å². The van der Waals surface area contributed by atoms with Gasteiger partial charge >= 0.3 is 0 Å². The van der Waals surface area contributed by atoms with Crippen molar-refractivity contribution >= 4 is 6.29 Å². The van der Waals surface area contributed by atoms with Crippen LogP contribution in [0.1, 0.15) is 19.3 Å². The summed E-state index contributed by atoms with van der Waals surface area (Å²) in [5.74, 6) is -0.0529. The number of rotatable bonds is 3. The van der Waals surface area contributed by atoms with Crippen LogP contribution in [0.25, 0.3) is 0 Å². The number of hydrogen-bond acceptors (Lipinski definition) is 3. The summed E-state index contributed by atoms with van der Waals surface area (Å²) in [4.78, 5) is 20.2. The highest BCUT2D eigenvalue weighted by Gasteiger charge is 2.30. The molecule has 1 aliphatic carbocycles. The molecule has 0 spiro atoms. The molecule has 2 atom stereocenters. The van der Waals surface area contributed by atoms with Gasteiger partial charge in [0.05, 0.1) is 0 Å². The van der Waals surface area contributed by atoms with E-state index in [9.17, 15) is 14.9 Å². The maximum absolute atomic E-state index is 10.4. The molecule has 1 rings (SSSR count). The lowest BCUT2D eigenvalue weighted by Gasteiger charge is -2.07. The lowest BCUT2D eigenvalue weighted by molar-refractivity contribution is -0.488. The van der Waals surface area contributed by atoms with Gasteiger partial charge in [-0.15, -0.1) is 0 Å². The first-order valence-electron chi connectivity index (χ1n) is 3.81. The quantitative estimate of drug-likeness (QED) is 0.347. The Morgan fingerprint density at radius 1 is 1.55 bits per heavy atom. The molecule has 0 N–H and O–H groups in total. The van der Waals surface area contributed by atoms with E-state index in [0.717, 1.165) is 25.5 Å². The van der Waals surface area contributed by atoms with E-state index in [1.807, 2.05) is 0 Å². The summed E-state index contributed by atoms with van der Waals surface area (Å²) in [5.41, 5.74) is 0. The molecule has 0 aromatic carbocycles. The summed E-state index contributed by atoms with van der Waals surface area (Å²) < 4.78 is 0. The molecule has 0 heterocycles. The van der Waals surface area contributed by atoms with Crippen LogP contribution >= 0.6 is 0 Å². The van der Waals surface area contributed by atoms with Gasteiger partial charge in [-0.25, -0.2) is 0 Å². The largest absolute Gasteiger partial charge is 0.303 e. The zero-order valence-electron chi connectivity index (χ0n) is 6.23. The van der Waals surface area contributed by atoms with Crippen molar-refractivity contribution in [1.82, 2.24) is 0 Å². The van der Waals surface area contributed by atoms with Gasteiger partial charge in [0.1, 0.15) is 6.29 Å². The molecule has 0 aliphatic heterocycles. The smallest absolute Gasteiger partial charge is 0.207 e. The van der Waals surface area contributed by atoms with E-state index in [2.05, 4.69) is 0 Å². The Morgan fingerprint density at radius 2 is 2.27 bits per heavy atom. The van der Waals surface area contributed by atoms with Gasteiger partial charge in [-0.2, -0.15) is 0 Å². The summed E-state index contributed by atoms with van der Waals surface area (Å²) in [5, 5.41) is 10.1. The van der Waals surface area contributed by atoms with E-state index in [-0.39, 0.29) is 23.3 Å². The van der Waals surface area contributed by atoms with E-state index in [0.29, 0.717) is 0 Å². The fourth-order valence-corrected chi connectivity index (χ4v) is 1.66. The fraction of sp³-hybridized carbons (Fsp3) is 0.857. The van der Waals surface area contributed by atoms with Crippen molar-refractivity contribution in [2.24, 2.45) is 11.8 Å². The van der Waals surface area contributed by atoms with Crippen LogP contribution in [-0.4, -0.2) is 17.8 Å². The van der Waals surface area contributed by atoms with Crippen LogP contribution in [0, 0.1) is 22.0 Å². The zero-order valence-corrected chi connectivity index (χ0v) is 6.23. The third kappa shape index (κ3) is 2.00. The van der Waals surface area contributed by atoms with Gasteiger partial charge in [0.2, 0.25) is 6.54 Å². The second-order valence-corrected chi connectivity index (χ2v) is 3.01. The predicted octanol–water partition coefficient (Wildman–Crippen LogP) is 0.878. The first kappa shape index (κ1) is 8.17. The molecule has 0 aromatic rings. The molecule has 0 unspecified atom stereocenters. The van der Waals surface area contributed by atoms with Crippen molar-refractivity contribution in [3.05, 3.63) is 10.1 Å². The second-order valence-electron chi connectivity index (χ2n) is 3.01. The van der Waals surface area contributed by atoms with E-state index >= 15 is 0 Å². The summed E-state index contributed by atoms with van der Waals surface area (Å²) in [6.07, 6.45) is 3.50. The highest BCUT2D eigenvalue weighted by Crippen LogP contribution is 2.29. The summed E-state index contributed by atoms with van der Waals surface area (Å²) >= 11 is 0. The van der Waals surface area contributed by atoms with Gasteiger partial charge in [0.15, 0.2) is 0 Å². The van der Waals surface area contributed by atoms with Crippen molar-refractivity contribution < 1.29 is 9.72 Å². The third-order valence-corrected chi connectivity index (χ3v) is 2.28. The standard InChI is InChI=1S/C7H11NO3/c9-5-7-3-1-2-6(7)4-8(10)11/h5-7H,1-4H2/t6-,7+/m0/s1. The third-order valence-electron chi connectivity index (χ3n) is 2.28. The molecular weight excluding hydrogens is 146 g/mol. The second kappa shape index (κ2) is 3.46. The number of aldehydes is 1. The molecule has 0 saturated heterocycles. The van der Waals surface area contributed by atoms with Gasteiger partial charge in [-0.1, -0.05) is 6.42 Å². The average Bonchev–Trinajstić information content (AvgIpc) is 2.34. The van der Waals surface area contributed by atoms with Crippen molar-refractivity contribution in [1.29, 1.82) is 0 Å². The molecule has 1 aliphatic rings. The minimum Gasteiger partial charge on any atom is -0.303 e. The van der Waals surface area contributed by atoms with Crippen molar-refractivity contribution in [2.45, 2.75) is 19.3 Å². The molecule has 4 heteroatoms. The van der Waals surface area contributed by atoms with E-state index in [1.54, 1.807) is 0 Å². The summed E-state index contributed by atoms with van der Waals surface area (Å²) in [6.45, 7) is -0.0383. The Hall–Kier alpha value is -0.930. The molecule has 0 radical (unpaired) electrons. The SMILES string of the molecule is O=C[C@H]1CCC[C@H]1C[N+](=O)[O-]. The number of carbonyl (C=O) groups excluding carboxylic acids is 1. The molecule has 0 aromatic heterocycles.